The van der Waals surface area contributed by atoms with E-state index in [9.17, 15) is 0 Å². The van der Waals surface area contributed by atoms with Crippen LogP contribution in [0.5, 0.6) is 0 Å². The van der Waals surface area contributed by atoms with Gasteiger partial charge in [0.2, 0.25) is 5.95 Å². The van der Waals surface area contributed by atoms with Gasteiger partial charge in [-0.25, -0.2) is 19.9 Å². The summed E-state index contributed by atoms with van der Waals surface area (Å²) in [4.78, 5) is 24.9. The molecule has 3 N–H and O–H groups in total. The van der Waals surface area contributed by atoms with Crippen molar-refractivity contribution in [2.75, 3.05) is 41.7 Å². The van der Waals surface area contributed by atoms with Crippen molar-refractivity contribution in [1.82, 2.24) is 30.2 Å². The lowest BCUT2D eigenvalue weighted by atomic mass is 9.96. The number of aryl methyl sites for hydroxylation is 1. The van der Waals surface area contributed by atoms with E-state index in [1.165, 1.54) is 18.5 Å². The molecule has 5 rings (SSSR count). The number of hydrogen-bond acceptors (Lipinski definition) is 9. The van der Waals surface area contributed by atoms with Gasteiger partial charge in [0.15, 0.2) is 5.82 Å². The lowest BCUT2D eigenvalue weighted by Crippen LogP contribution is -2.37. The summed E-state index contributed by atoms with van der Waals surface area (Å²) in [7, 11) is 0. The van der Waals surface area contributed by atoms with Gasteiger partial charge in [-0.1, -0.05) is 19.9 Å². The van der Waals surface area contributed by atoms with E-state index in [1.807, 2.05) is 31.2 Å². The summed E-state index contributed by atoms with van der Waals surface area (Å²) >= 11 is 0. The fourth-order valence-corrected chi connectivity index (χ4v) is 4.70. The smallest absolute Gasteiger partial charge is 0.229 e. The third-order valence-corrected chi connectivity index (χ3v) is 6.77. The molecule has 1 fully saturated rings. The van der Waals surface area contributed by atoms with Crippen LogP contribution in [0.2, 0.25) is 0 Å². The van der Waals surface area contributed by atoms with Crippen LogP contribution in [0.25, 0.3) is 11.5 Å². The fourth-order valence-electron chi connectivity index (χ4n) is 4.70. The highest BCUT2D eigenvalue weighted by atomic mass is 15.2. The van der Waals surface area contributed by atoms with E-state index < -0.39 is 0 Å². The van der Waals surface area contributed by atoms with Gasteiger partial charge < -0.3 is 20.9 Å². The summed E-state index contributed by atoms with van der Waals surface area (Å²) in [6, 6.07) is 17.9. The Bertz CT molecular complexity index is 1350. The standard InChI is InChI=1S/C30H37N9/c1-21(2)19-31-20-23-13-17-39(18-14-23)25-9-7-24(8-10-25)35-30-33-16-12-28(38-30)36-27-11-15-32-29(37-27)26-6-4-5-22(3)34-26/h4-12,15-16,21,23,31H,13-14,17-20H2,1-3H3,(H2,32,33,35,36,37,38). The Balaban J connectivity index is 1.16. The molecular weight excluding hydrogens is 486 g/mol. The second-order valence-corrected chi connectivity index (χ2v) is 10.5. The van der Waals surface area contributed by atoms with E-state index in [1.54, 1.807) is 18.5 Å². The molecule has 0 spiro atoms. The van der Waals surface area contributed by atoms with Crippen LogP contribution >= 0.6 is 0 Å². The lowest BCUT2D eigenvalue weighted by molar-refractivity contribution is 0.374. The first-order valence-electron chi connectivity index (χ1n) is 13.7. The van der Waals surface area contributed by atoms with Gasteiger partial charge in [0, 0.05) is 42.6 Å². The van der Waals surface area contributed by atoms with Crippen LogP contribution in [0.1, 0.15) is 32.4 Å². The van der Waals surface area contributed by atoms with Crippen LogP contribution in [-0.2, 0) is 0 Å². The molecule has 1 aliphatic rings. The van der Waals surface area contributed by atoms with Crippen molar-refractivity contribution in [2.24, 2.45) is 11.8 Å². The van der Waals surface area contributed by atoms with E-state index in [0.29, 0.717) is 29.3 Å². The predicted octanol–water partition coefficient (Wildman–Crippen LogP) is 5.59. The normalized spacial score (nSPS) is 14.0. The summed E-state index contributed by atoms with van der Waals surface area (Å²) in [5.74, 6) is 3.82. The summed E-state index contributed by atoms with van der Waals surface area (Å²) in [5, 5.41) is 10.2. The van der Waals surface area contributed by atoms with Crippen LogP contribution in [0.4, 0.5) is 29.0 Å². The monoisotopic (exact) mass is 523 g/mol. The zero-order valence-electron chi connectivity index (χ0n) is 22.9. The van der Waals surface area contributed by atoms with Crippen molar-refractivity contribution >= 4 is 29.0 Å². The van der Waals surface area contributed by atoms with Gasteiger partial charge in [-0.3, -0.25) is 0 Å². The zero-order chi connectivity index (χ0) is 27.0. The molecule has 0 aliphatic carbocycles. The van der Waals surface area contributed by atoms with Gasteiger partial charge in [0.05, 0.1) is 0 Å². The minimum Gasteiger partial charge on any atom is -0.372 e. The van der Waals surface area contributed by atoms with Gasteiger partial charge in [0.25, 0.3) is 0 Å². The topological polar surface area (TPSA) is 104 Å². The van der Waals surface area contributed by atoms with Crippen molar-refractivity contribution in [1.29, 1.82) is 0 Å². The Kier molecular flexibility index (Phi) is 8.58. The van der Waals surface area contributed by atoms with Crippen molar-refractivity contribution < 1.29 is 0 Å². The second-order valence-electron chi connectivity index (χ2n) is 10.5. The highest BCUT2D eigenvalue weighted by Crippen LogP contribution is 2.25. The predicted molar refractivity (Wildman–Crippen MR) is 158 cm³/mol. The average molecular weight is 524 g/mol. The van der Waals surface area contributed by atoms with Gasteiger partial charge in [-0.15, -0.1) is 0 Å². The van der Waals surface area contributed by atoms with Gasteiger partial charge in [-0.05, 0) is 93.2 Å². The molecule has 1 aliphatic heterocycles. The van der Waals surface area contributed by atoms with Crippen molar-refractivity contribution in [3.63, 3.8) is 0 Å². The second kappa shape index (κ2) is 12.6. The molecule has 4 aromatic rings. The number of rotatable bonds is 10. The molecule has 9 heteroatoms. The first-order chi connectivity index (χ1) is 19.0. The number of anilines is 5. The molecule has 39 heavy (non-hydrogen) atoms. The number of piperidine rings is 1. The molecule has 0 unspecified atom stereocenters. The summed E-state index contributed by atoms with van der Waals surface area (Å²) in [5.41, 5.74) is 3.85. The quantitative estimate of drug-likeness (QED) is 0.245. The van der Waals surface area contributed by atoms with Crippen LogP contribution in [0.3, 0.4) is 0 Å². The highest BCUT2D eigenvalue weighted by molar-refractivity contribution is 5.61. The molecular formula is C30H37N9. The summed E-state index contributed by atoms with van der Waals surface area (Å²) in [6.45, 7) is 10.9. The van der Waals surface area contributed by atoms with E-state index in [4.69, 9.17) is 0 Å². The SMILES string of the molecule is Cc1cccc(-c2nccc(Nc3ccnc(Nc4ccc(N5CCC(CNCC(C)C)CC5)cc4)n3)n2)n1. The third-order valence-electron chi connectivity index (χ3n) is 6.77. The zero-order valence-corrected chi connectivity index (χ0v) is 22.9. The Morgan fingerprint density at radius 1 is 0.846 bits per heavy atom. The molecule has 0 radical (unpaired) electrons. The number of nitrogens with zero attached hydrogens (tertiary/aromatic N) is 6. The van der Waals surface area contributed by atoms with Crippen LogP contribution < -0.4 is 20.9 Å². The van der Waals surface area contributed by atoms with Crippen molar-refractivity contribution in [2.45, 2.75) is 33.6 Å². The molecule has 0 amide bonds. The maximum atomic E-state index is 4.61. The molecule has 0 atom stereocenters. The number of aromatic nitrogens is 5. The first-order valence-corrected chi connectivity index (χ1v) is 13.7. The molecule has 1 saturated heterocycles. The van der Waals surface area contributed by atoms with E-state index in [0.717, 1.165) is 49.2 Å². The maximum absolute atomic E-state index is 4.61. The minimum atomic E-state index is 0.511. The number of nitrogens with one attached hydrogen (secondary N) is 3. The van der Waals surface area contributed by atoms with Crippen LogP contribution in [0, 0.1) is 18.8 Å². The number of pyridine rings is 1. The average Bonchev–Trinajstić information content (AvgIpc) is 2.94. The van der Waals surface area contributed by atoms with E-state index in [2.05, 4.69) is 83.9 Å². The van der Waals surface area contributed by atoms with Crippen molar-refractivity contribution in [3.05, 3.63) is 72.7 Å². The highest BCUT2D eigenvalue weighted by Gasteiger charge is 2.19. The number of benzene rings is 1. The number of hydrogen-bond donors (Lipinski definition) is 3. The van der Waals surface area contributed by atoms with Gasteiger partial charge >= 0.3 is 0 Å². The summed E-state index contributed by atoms with van der Waals surface area (Å²) in [6.07, 6.45) is 5.89. The Morgan fingerprint density at radius 2 is 1.59 bits per heavy atom. The van der Waals surface area contributed by atoms with Crippen LogP contribution in [-0.4, -0.2) is 51.1 Å². The van der Waals surface area contributed by atoms with E-state index >= 15 is 0 Å². The minimum absolute atomic E-state index is 0.511. The molecule has 4 heterocycles. The maximum Gasteiger partial charge on any atom is 0.229 e. The van der Waals surface area contributed by atoms with Gasteiger partial charge in [-0.2, -0.15) is 4.98 Å². The van der Waals surface area contributed by atoms with E-state index in [-0.39, 0.29) is 0 Å². The third kappa shape index (κ3) is 7.48. The molecule has 1 aromatic carbocycles. The summed E-state index contributed by atoms with van der Waals surface area (Å²) < 4.78 is 0. The Hall–Kier alpha value is -4.11. The fraction of sp³-hybridized carbons (Fsp3) is 0.367. The van der Waals surface area contributed by atoms with Crippen molar-refractivity contribution in [3.8, 4) is 11.5 Å². The largest absolute Gasteiger partial charge is 0.372 e. The molecule has 3 aromatic heterocycles. The van der Waals surface area contributed by atoms with Crippen LogP contribution in [0.15, 0.2) is 67.0 Å². The molecule has 0 bridgehead atoms. The molecule has 0 saturated carbocycles. The molecule has 9 nitrogen and oxygen atoms in total. The lowest BCUT2D eigenvalue weighted by Gasteiger charge is -2.34. The van der Waals surface area contributed by atoms with Gasteiger partial charge in [0.1, 0.15) is 17.3 Å². The first kappa shape index (κ1) is 26.5. The molecule has 202 valence electrons. The Labute approximate surface area is 230 Å². The Morgan fingerprint density at radius 3 is 2.33 bits per heavy atom.